The highest BCUT2D eigenvalue weighted by molar-refractivity contribution is 6.03. The van der Waals surface area contributed by atoms with Crippen molar-refractivity contribution in [2.24, 2.45) is 5.73 Å². The number of rotatable bonds is 14. The molecule has 3 aromatic rings. The highest BCUT2D eigenvalue weighted by atomic mass is 16.5. The van der Waals surface area contributed by atoms with Crippen molar-refractivity contribution >= 4 is 23.3 Å². The summed E-state index contributed by atoms with van der Waals surface area (Å²) in [6.45, 7) is 10.7. The normalized spacial score (nSPS) is 18.6. The van der Waals surface area contributed by atoms with Crippen molar-refractivity contribution in [3.63, 3.8) is 0 Å². The molecule has 8 heteroatoms. The van der Waals surface area contributed by atoms with Crippen LogP contribution in [0.2, 0.25) is 0 Å². The number of fused-ring (bicyclic) bond motifs is 2. The van der Waals surface area contributed by atoms with E-state index in [2.05, 4.69) is 98.6 Å². The van der Waals surface area contributed by atoms with E-state index in [4.69, 9.17) is 10.5 Å². The molecule has 50 heavy (non-hydrogen) atoms. The summed E-state index contributed by atoms with van der Waals surface area (Å²) in [6, 6.07) is 21.5. The molecule has 2 bridgehead atoms. The summed E-state index contributed by atoms with van der Waals surface area (Å²) in [4.78, 5) is 43.3. The van der Waals surface area contributed by atoms with Gasteiger partial charge in [-0.2, -0.15) is 0 Å². The first kappa shape index (κ1) is 35.4. The van der Waals surface area contributed by atoms with Crippen LogP contribution in [0, 0.1) is 27.7 Å². The quantitative estimate of drug-likeness (QED) is 0.226. The van der Waals surface area contributed by atoms with E-state index in [-0.39, 0.29) is 42.8 Å². The second kappa shape index (κ2) is 15.6. The van der Waals surface area contributed by atoms with Crippen LogP contribution in [-0.4, -0.2) is 71.9 Å². The van der Waals surface area contributed by atoms with Gasteiger partial charge in [-0.05, 0) is 105 Å². The third-order valence-electron chi connectivity index (χ3n) is 10.5. The van der Waals surface area contributed by atoms with Crippen molar-refractivity contribution < 1.29 is 19.1 Å². The lowest BCUT2D eigenvalue weighted by atomic mass is 9.82. The Bertz CT molecular complexity index is 1740. The number of benzene rings is 3. The van der Waals surface area contributed by atoms with Gasteiger partial charge in [0.1, 0.15) is 5.75 Å². The molecule has 6 rings (SSSR count). The van der Waals surface area contributed by atoms with Crippen molar-refractivity contribution in [1.82, 2.24) is 15.1 Å². The van der Waals surface area contributed by atoms with Crippen molar-refractivity contribution in [2.75, 3.05) is 26.2 Å². The predicted octanol–water partition coefficient (Wildman–Crippen LogP) is 5.76. The van der Waals surface area contributed by atoms with E-state index >= 15 is 0 Å². The number of amides is 3. The highest BCUT2D eigenvalue weighted by Gasteiger charge is 2.43. The zero-order valence-electron chi connectivity index (χ0n) is 30.1. The molecule has 1 aliphatic carbocycles. The Morgan fingerprint density at radius 2 is 1.58 bits per heavy atom. The minimum Gasteiger partial charge on any atom is -0.493 e. The van der Waals surface area contributed by atoms with Crippen LogP contribution in [0.25, 0.3) is 5.57 Å². The number of aryl methyl sites for hydroxylation is 3. The fourth-order valence-electron chi connectivity index (χ4n) is 7.44. The van der Waals surface area contributed by atoms with Crippen molar-refractivity contribution in [1.29, 1.82) is 0 Å². The Morgan fingerprint density at radius 1 is 0.880 bits per heavy atom. The molecule has 264 valence electrons. The molecule has 0 aromatic heterocycles. The van der Waals surface area contributed by atoms with E-state index in [0.717, 1.165) is 48.1 Å². The minimum absolute atomic E-state index is 0.0130. The van der Waals surface area contributed by atoms with Crippen molar-refractivity contribution in [2.45, 2.75) is 97.2 Å². The average Bonchev–Trinajstić information content (AvgIpc) is 3.93. The molecule has 0 radical (unpaired) electrons. The molecule has 1 unspecified atom stereocenters. The van der Waals surface area contributed by atoms with Gasteiger partial charge < -0.3 is 25.6 Å². The Balaban J connectivity index is 1.23. The van der Waals surface area contributed by atoms with Crippen LogP contribution >= 0.6 is 0 Å². The second-order valence-electron chi connectivity index (χ2n) is 14.6. The number of carbonyl (C=O) groups is 3. The monoisotopic (exact) mass is 676 g/mol. The molecule has 3 amide bonds. The molecule has 2 heterocycles. The fraction of sp³-hybridized carbons (Fsp3) is 0.452. The average molecular weight is 677 g/mol. The van der Waals surface area contributed by atoms with Gasteiger partial charge in [0.2, 0.25) is 11.8 Å². The number of carbonyl (C=O) groups excluding carboxylic acids is 3. The van der Waals surface area contributed by atoms with E-state index in [1.54, 1.807) is 0 Å². The molecule has 3 aromatic carbocycles. The Hall–Kier alpha value is -4.43. The van der Waals surface area contributed by atoms with Crippen LogP contribution in [0.15, 0.2) is 66.2 Å². The van der Waals surface area contributed by atoms with Gasteiger partial charge in [0.15, 0.2) is 0 Å². The van der Waals surface area contributed by atoms with Crippen LogP contribution in [0.5, 0.6) is 5.75 Å². The number of nitrogens with one attached hydrogen (secondary N) is 1. The van der Waals surface area contributed by atoms with Crippen molar-refractivity contribution in [3.05, 3.63) is 105 Å². The summed E-state index contributed by atoms with van der Waals surface area (Å²) < 4.78 is 6.21. The van der Waals surface area contributed by atoms with Gasteiger partial charge in [0.05, 0.1) is 12.6 Å². The molecular formula is C42H52N4O4. The third-order valence-corrected chi connectivity index (χ3v) is 10.5. The summed E-state index contributed by atoms with van der Waals surface area (Å²) in [6.07, 6.45) is 5.20. The number of primary amides is 1. The van der Waals surface area contributed by atoms with Gasteiger partial charge in [0, 0.05) is 56.6 Å². The molecule has 2 fully saturated rings. The highest BCUT2D eigenvalue weighted by Crippen LogP contribution is 2.37. The number of nitrogens with zero attached hydrogens (tertiary/aromatic N) is 2. The summed E-state index contributed by atoms with van der Waals surface area (Å²) in [5.74, 6) is 0.641. The lowest BCUT2D eigenvalue weighted by Crippen LogP contribution is -2.62. The van der Waals surface area contributed by atoms with Crippen LogP contribution in [0.1, 0.15) is 77.5 Å². The third kappa shape index (κ3) is 8.64. The standard InChI is InChI=1S/C42H52N4O4/c1-27-8-10-31(11-9-27)18-20-46(35-16-17-35)42(49)41-36(24-34-25-45(26-37(41)44-34)40(48)7-5-6-39(43)47)33-14-12-32(13-15-33)19-21-50-38-23-28(2)22-29(3)30(38)4/h8-15,22-23,34-35,37,44H,5-7,16-21,24-26H2,1-4H3,(H2,43,47)/t34?,37-/m1/s1. The summed E-state index contributed by atoms with van der Waals surface area (Å²) >= 11 is 0. The maximum Gasteiger partial charge on any atom is 0.252 e. The number of piperazine rings is 1. The van der Waals surface area contributed by atoms with Crippen LogP contribution in [0.4, 0.5) is 0 Å². The maximum absolute atomic E-state index is 14.7. The van der Waals surface area contributed by atoms with Crippen LogP contribution in [0.3, 0.4) is 0 Å². The molecule has 2 aliphatic heterocycles. The molecule has 1 saturated carbocycles. The molecule has 1 saturated heterocycles. The fourth-order valence-corrected chi connectivity index (χ4v) is 7.44. The first-order chi connectivity index (χ1) is 24.0. The smallest absolute Gasteiger partial charge is 0.252 e. The van der Waals surface area contributed by atoms with Crippen molar-refractivity contribution in [3.8, 4) is 5.75 Å². The number of hydrogen-bond acceptors (Lipinski definition) is 5. The lowest BCUT2D eigenvalue weighted by molar-refractivity contribution is -0.134. The maximum atomic E-state index is 14.7. The summed E-state index contributed by atoms with van der Waals surface area (Å²) in [5.41, 5.74) is 15.5. The Kier molecular flexibility index (Phi) is 11.1. The SMILES string of the molecule is Cc1ccc(CCN(C(=O)C2=C(c3ccc(CCOc4cc(C)cc(C)c4C)cc3)CC3CN(C(=O)CCCC(N)=O)C[C@H]2N3)C2CC2)cc1. The second-order valence-corrected chi connectivity index (χ2v) is 14.6. The summed E-state index contributed by atoms with van der Waals surface area (Å²) in [5, 5.41) is 3.71. The number of ether oxygens (including phenoxy) is 1. The summed E-state index contributed by atoms with van der Waals surface area (Å²) in [7, 11) is 0. The molecule has 0 spiro atoms. The van der Waals surface area contributed by atoms with Gasteiger partial charge in [-0.1, -0.05) is 60.2 Å². The molecule has 2 atom stereocenters. The first-order valence-corrected chi connectivity index (χ1v) is 18.3. The van der Waals surface area contributed by atoms with Gasteiger partial charge in [-0.3, -0.25) is 14.4 Å². The lowest BCUT2D eigenvalue weighted by Gasteiger charge is -2.45. The predicted molar refractivity (Wildman–Crippen MR) is 198 cm³/mol. The topological polar surface area (TPSA) is 105 Å². The van der Waals surface area contributed by atoms with E-state index in [9.17, 15) is 14.4 Å². The van der Waals surface area contributed by atoms with E-state index in [1.807, 2.05) is 4.90 Å². The Labute approximate surface area is 297 Å². The largest absolute Gasteiger partial charge is 0.493 e. The van der Waals surface area contributed by atoms with Crippen LogP contribution < -0.4 is 15.8 Å². The molecule has 3 aliphatic rings. The van der Waals surface area contributed by atoms with Gasteiger partial charge in [0.25, 0.3) is 5.91 Å². The van der Waals surface area contributed by atoms with Gasteiger partial charge in [-0.15, -0.1) is 0 Å². The first-order valence-electron chi connectivity index (χ1n) is 18.3. The van der Waals surface area contributed by atoms with E-state index < -0.39 is 5.91 Å². The van der Waals surface area contributed by atoms with Gasteiger partial charge in [-0.25, -0.2) is 0 Å². The number of hydrogen-bond donors (Lipinski definition) is 2. The molecular weight excluding hydrogens is 624 g/mol. The van der Waals surface area contributed by atoms with E-state index in [0.29, 0.717) is 39.1 Å². The Morgan fingerprint density at radius 3 is 2.28 bits per heavy atom. The zero-order valence-corrected chi connectivity index (χ0v) is 30.1. The molecule has 8 nitrogen and oxygen atoms in total. The minimum atomic E-state index is -0.392. The van der Waals surface area contributed by atoms with E-state index in [1.165, 1.54) is 33.4 Å². The van der Waals surface area contributed by atoms with Crippen LogP contribution in [-0.2, 0) is 27.2 Å². The number of nitrogens with two attached hydrogens (primary N) is 1. The van der Waals surface area contributed by atoms with Gasteiger partial charge >= 0.3 is 0 Å². The zero-order chi connectivity index (χ0) is 35.4. The molecule has 3 N–H and O–H groups in total.